The molecule has 4 heteroatoms. The van der Waals surface area contributed by atoms with Crippen molar-refractivity contribution >= 4 is 53.3 Å². The van der Waals surface area contributed by atoms with Crippen LogP contribution in [0.5, 0.6) is 0 Å². The van der Waals surface area contributed by atoms with Gasteiger partial charge in [-0.3, -0.25) is 4.79 Å². The monoisotopic (exact) mass is 258 g/mol. The van der Waals surface area contributed by atoms with E-state index in [0.717, 1.165) is 20.4 Å². The van der Waals surface area contributed by atoms with Crippen molar-refractivity contribution in [2.75, 3.05) is 0 Å². The van der Waals surface area contributed by atoms with Crippen LogP contribution < -0.4 is 5.43 Å². The number of hydrogen-bond acceptors (Lipinski definition) is 4. The number of fused-ring (bicyclic) bond motifs is 4. The zero-order valence-corrected chi connectivity index (χ0v) is 10.2. The summed E-state index contributed by atoms with van der Waals surface area (Å²) >= 11 is 2.95. The molecule has 17 heavy (non-hydrogen) atoms. The first kappa shape index (κ1) is 9.39. The highest BCUT2D eigenvalue weighted by atomic mass is 32.1. The smallest absolute Gasteiger partial charge is 0.220 e. The molecule has 2 nitrogen and oxygen atoms in total. The molecule has 0 radical (unpaired) electrons. The van der Waals surface area contributed by atoms with Crippen LogP contribution in [-0.4, -0.2) is 0 Å². The second-order valence-corrected chi connectivity index (χ2v) is 5.77. The summed E-state index contributed by atoms with van der Waals surface area (Å²) < 4.78 is 8.37. The molecule has 0 saturated heterocycles. The molecule has 0 aliphatic heterocycles. The highest BCUT2D eigenvalue weighted by molar-refractivity contribution is 7.26. The van der Waals surface area contributed by atoms with Crippen LogP contribution in [0.25, 0.3) is 30.7 Å². The molecule has 0 unspecified atom stereocenters. The van der Waals surface area contributed by atoms with Gasteiger partial charge in [0.25, 0.3) is 0 Å². The highest BCUT2D eigenvalue weighted by Crippen LogP contribution is 2.34. The van der Waals surface area contributed by atoms with Crippen LogP contribution in [-0.2, 0) is 0 Å². The Kier molecular flexibility index (Phi) is 1.76. The first-order valence-corrected chi connectivity index (χ1v) is 6.86. The van der Waals surface area contributed by atoms with Gasteiger partial charge in [-0.05, 0) is 23.6 Å². The number of benzene rings is 1. The van der Waals surface area contributed by atoms with Gasteiger partial charge < -0.3 is 4.42 Å². The Labute approximate surface area is 104 Å². The van der Waals surface area contributed by atoms with Crippen molar-refractivity contribution in [1.29, 1.82) is 0 Å². The van der Waals surface area contributed by atoms with Crippen LogP contribution in [0.4, 0.5) is 0 Å². The molecule has 0 aliphatic carbocycles. The summed E-state index contributed by atoms with van der Waals surface area (Å²) in [5.41, 5.74) is 1.51. The van der Waals surface area contributed by atoms with Gasteiger partial charge in [-0.25, -0.2) is 0 Å². The molecule has 3 heterocycles. The van der Waals surface area contributed by atoms with Crippen LogP contribution >= 0.6 is 22.7 Å². The SMILES string of the molecule is O=c1c2sccc2oc2c1sc1ccccc12. The van der Waals surface area contributed by atoms with Crippen molar-refractivity contribution in [3.63, 3.8) is 0 Å². The van der Waals surface area contributed by atoms with Crippen molar-refractivity contribution in [2.45, 2.75) is 0 Å². The lowest BCUT2D eigenvalue weighted by Crippen LogP contribution is -1.96. The maximum absolute atomic E-state index is 12.3. The summed E-state index contributed by atoms with van der Waals surface area (Å²) in [5.74, 6) is 0. The van der Waals surface area contributed by atoms with Gasteiger partial charge in [0.15, 0.2) is 5.58 Å². The first-order valence-electron chi connectivity index (χ1n) is 5.16. The number of hydrogen-bond donors (Lipinski definition) is 0. The van der Waals surface area contributed by atoms with E-state index in [0.29, 0.717) is 10.3 Å². The van der Waals surface area contributed by atoms with E-state index in [1.54, 1.807) is 0 Å². The number of thiophene rings is 2. The lowest BCUT2D eigenvalue weighted by atomic mass is 10.2. The van der Waals surface area contributed by atoms with Gasteiger partial charge >= 0.3 is 0 Å². The Morgan fingerprint density at radius 1 is 1.06 bits per heavy atom. The second kappa shape index (κ2) is 3.18. The molecule has 1 aromatic carbocycles. The van der Waals surface area contributed by atoms with Crippen molar-refractivity contribution < 1.29 is 4.42 Å². The second-order valence-electron chi connectivity index (χ2n) is 3.80. The van der Waals surface area contributed by atoms with Gasteiger partial charge in [0, 0.05) is 10.1 Å². The van der Waals surface area contributed by atoms with Gasteiger partial charge in [-0.1, -0.05) is 12.1 Å². The van der Waals surface area contributed by atoms with E-state index in [9.17, 15) is 4.79 Å². The van der Waals surface area contributed by atoms with Gasteiger partial charge in [-0.15, -0.1) is 22.7 Å². The fourth-order valence-corrected chi connectivity index (χ4v) is 3.93. The first-order chi connectivity index (χ1) is 8.34. The number of rotatable bonds is 0. The van der Waals surface area contributed by atoms with Crippen molar-refractivity contribution in [3.05, 3.63) is 45.9 Å². The molecular weight excluding hydrogens is 252 g/mol. The topological polar surface area (TPSA) is 30.2 Å². The summed E-state index contributed by atoms with van der Waals surface area (Å²) in [6.07, 6.45) is 0. The summed E-state index contributed by atoms with van der Waals surface area (Å²) in [7, 11) is 0. The molecule has 0 fully saturated rings. The average Bonchev–Trinajstić information content (AvgIpc) is 2.94. The summed E-state index contributed by atoms with van der Waals surface area (Å²) in [4.78, 5) is 12.3. The molecule has 0 amide bonds. The fraction of sp³-hybridized carbons (Fsp3) is 0. The Balaban J connectivity index is 2.41. The van der Waals surface area contributed by atoms with Crippen molar-refractivity contribution in [3.8, 4) is 0 Å². The van der Waals surface area contributed by atoms with Gasteiger partial charge in [-0.2, -0.15) is 0 Å². The summed E-state index contributed by atoms with van der Waals surface area (Å²) in [6.45, 7) is 0. The molecule has 0 bridgehead atoms. The fourth-order valence-electron chi connectivity index (χ4n) is 2.03. The lowest BCUT2D eigenvalue weighted by Gasteiger charge is -1.91. The Morgan fingerprint density at radius 2 is 1.94 bits per heavy atom. The van der Waals surface area contributed by atoms with E-state index in [1.807, 2.05) is 35.7 Å². The predicted molar refractivity (Wildman–Crippen MR) is 73.3 cm³/mol. The van der Waals surface area contributed by atoms with Gasteiger partial charge in [0.05, 0.1) is 0 Å². The zero-order valence-electron chi connectivity index (χ0n) is 8.60. The van der Waals surface area contributed by atoms with Crippen molar-refractivity contribution in [2.24, 2.45) is 0 Å². The van der Waals surface area contributed by atoms with E-state index in [4.69, 9.17) is 4.42 Å². The minimum atomic E-state index is 0.0949. The van der Waals surface area contributed by atoms with E-state index < -0.39 is 0 Å². The largest absolute Gasteiger partial charge is 0.453 e. The van der Waals surface area contributed by atoms with E-state index >= 15 is 0 Å². The third kappa shape index (κ3) is 1.16. The van der Waals surface area contributed by atoms with Gasteiger partial charge in [0.2, 0.25) is 5.43 Å². The van der Waals surface area contributed by atoms with E-state index in [2.05, 4.69) is 0 Å². The molecule has 82 valence electrons. The molecule has 0 aliphatic rings. The van der Waals surface area contributed by atoms with Crippen molar-refractivity contribution in [1.82, 2.24) is 0 Å². The Morgan fingerprint density at radius 3 is 2.88 bits per heavy atom. The van der Waals surface area contributed by atoms with E-state index in [-0.39, 0.29) is 5.43 Å². The Hall–Kier alpha value is -1.65. The van der Waals surface area contributed by atoms with Crippen LogP contribution in [0.15, 0.2) is 44.9 Å². The van der Waals surface area contributed by atoms with Crippen LogP contribution in [0, 0.1) is 0 Å². The molecule has 0 spiro atoms. The summed E-state index contributed by atoms with van der Waals surface area (Å²) in [6, 6.07) is 9.81. The molecule has 4 rings (SSSR count). The van der Waals surface area contributed by atoms with Crippen LogP contribution in [0.1, 0.15) is 0 Å². The molecule has 0 atom stereocenters. The highest BCUT2D eigenvalue weighted by Gasteiger charge is 2.13. The molecule has 0 N–H and O–H groups in total. The standard InChI is InChI=1S/C13H6O2S2/c14-10-12-8(5-6-16-12)15-11-7-3-1-2-4-9(7)17-13(10)11/h1-6H. The third-order valence-corrected chi connectivity index (χ3v) is 4.85. The maximum atomic E-state index is 12.3. The molecular formula is C13H6O2S2. The predicted octanol–water partition coefficient (Wildman–Crippen LogP) is 4.22. The minimum Gasteiger partial charge on any atom is -0.453 e. The Bertz CT molecular complexity index is 911. The zero-order chi connectivity index (χ0) is 11.4. The normalized spacial score (nSPS) is 11.8. The quantitative estimate of drug-likeness (QED) is 0.472. The molecule has 0 saturated carbocycles. The molecule has 3 aromatic heterocycles. The average molecular weight is 258 g/mol. The van der Waals surface area contributed by atoms with Crippen LogP contribution in [0.2, 0.25) is 0 Å². The van der Waals surface area contributed by atoms with E-state index in [1.165, 1.54) is 22.7 Å². The van der Waals surface area contributed by atoms with Crippen LogP contribution in [0.3, 0.4) is 0 Å². The summed E-state index contributed by atoms with van der Waals surface area (Å²) in [5, 5.41) is 2.92. The third-order valence-electron chi connectivity index (χ3n) is 2.80. The maximum Gasteiger partial charge on any atom is 0.220 e. The lowest BCUT2D eigenvalue weighted by molar-refractivity contribution is 0.666. The van der Waals surface area contributed by atoms with Gasteiger partial charge in [0.1, 0.15) is 15.0 Å². The molecule has 4 aromatic rings. The minimum absolute atomic E-state index is 0.0949.